The SMILES string of the molecule is C=C(/N=C(CC)\C(=C/C)CCC)Nc1ccc(CC(C)=O)cc1. The fourth-order valence-corrected chi connectivity index (χ4v) is 2.45. The second-order valence-electron chi connectivity index (χ2n) is 5.62. The maximum atomic E-state index is 11.1. The molecule has 0 aliphatic rings. The fraction of sp³-hybridized carbons (Fsp3) is 0.400. The summed E-state index contributed by atoms with van der Waals surface area (Å²) in [5, 5.41) is 3.21. The van der Waals surface area contributed by atoms with Gasteiger partial charge < -0.3 is 5.32 Å². The average molecular weight is 312 g/mol. The Morgan fingerprint density at radius 1 is 1.26 bits per heavy atom. The molecule has 0 saturated carbocycles. The van der Waals surface area contributed by atoms with Gasteiger partial charge >= 0.3 is 0 Å². The number of rotatable bonds is 9. The predicted molar refractivity (Wildman–Crippen MR) is 100.0 cm³/mol. The minimum absolute atomic E-state index is 0.169. The van der Waals surface area contributed by atoms with Crippen LogP contribution >= 0.6 is 0 Å². The van der Waals surface area contributed by atoms with Crippen LogP contribution < -0.4 is 5.32 Å². The second-order valence-corrected chi connectivity index (χ2v) is 5.62. The minimum atomic E-state index is 0.169. The number of Topliss-reactive ketones (excluding diaryl/α,β-unsaturated/α-hetero) is 1. The van der Waals surface area contributed by atoms with Crippen molar-refractivity contribution in [2.75, 3.05) is 5.32 Å². The summed E-state index contributed by atoms with van der Waals surface area (Å²) in [5.41, 5.74) is 4.32. The predicted octanol–water partition coefficient (Wildman–Crippen LogP) is 5.30. The Kier molecular flexibility index (Phi) is 8.03. The van der Waals surface area contributed by atoms with Crippen molar-refractivity contribution in [3.63, 3.8) is 0 Å². The second kappa shape index (κ2) is 9.78. The quantitative estimate of drug-likeness (QED) is 0.629. The number of allylic oxidation sites excluding steroid dienone is 2. The Balaban J connectivity index is 2.77. The summed E-state index contributed by atoms with van der Waals surface area (Å²) < 4.78 is 0. The van der Waals surface area contributed by atoms with Gasteiger partial charge in [0.1, 0.15) is 11.6 Å². The maximum Gasteiger partial charge on any atom is 0.134 e. The van der Waals surface area contributed by atoms with Crippen molar-refractivity contribution in [1.29, 1.82) is 0 Å². The lowest BCUT2D eigenvalue weighted by molar-refractivity contribution is -0.116. The first-order valence-corrected chi connectivity index (χ1v) is 8.27. The minimum Gasteiger partial charge on any atom is -0.341 e. The number of carbonyl (C=O) groups is 1. The van der Waals surface area contributed by atoms with Gasteiger partial charge in [-0.3, -0.25) is 4.79 Å². The number of hydrogen-bond acceptors (Lipinski definition) is 3. The van der Waals surface area contributed by atoms with E-state index in [4.69, 9.17) is 0 Å². The normalized spacial score (nSPS) is 12.2. The topological polar surface area (TPSA) is 41.5 Å². The molecule has 23 heavy (non-hydrogen) atoms. The molecule has 0 unspecified atom stereocenters. The number of nitrogens with zero attached hydrogens (tertiary/aromatic N) is 1. The zero-order chi connectivity index (χ0) is 17.2. The van der Waals surface area contributed by atoms with E-state index < -0.39 is 0 Å². The third-order valence-corrected chi connectivity index (χ3v) is 3.54. The Bertz CT molecular complexity index is 595. The van der Waals surface area contributed by atoms with Crippen molar-refractivity contribution in [1.82, 2.24) is 0 Å². The number of benzene rings is 1. The molecular weight excluding hydrogens is 284 g/mol. The van der Waals surface area contributed by atoms with Gasteiger partial charge in [-0.1, -0.05) is 45.1 Å². The van der Waals surface area contributed by atoms with Gasteiger partial charge in [0.05, 0.1) is 0 Å². The number of hydrogen-bond donors (Lipinski definition) is 1. The van der Waals surface area contributed by atoms with Gasteiger partial charge in [-0.05, 0) is 50.0 Å². The molecule has 0 atom stereocenters. The van der Waals surface area contributed by atoms with Gasteiger partial charge in [0.15, 0.2) is 0 Å². The molecule has 1 rings (SSSR count). The first-order chi connectivity index (χ1) is 11.0. The first kappa shape index (κ1) is 18.9. The fourth-order valence-electron chi connectivity index (χ4n) is 2.45. The lowest BCUT2D eigenvalue weighted by Crippen LogP contribution is -2.05. The van der Waals surface area contributed by atoms with Crippen molar-refractivity contribution >= 4 is 17.2 Å². The highest BCUT2D eigenvalue weighted by molar-refractivity contribution is 6.00. The number of aliphatic imine (C=N–C) groups is 1. The Hall–Kier alpha value is -2.16. The number of carbonyl (C=O) groups excluding carboxylic acids is 1. The van der Waals surface area contributed by atoms with Crippen LogP contribution in [0.4, 0.5) is 5.69 Å². The molecule has 0 aliphatic heterocycles. The van der Waals surface area contributed by atoms with Gasteiger partial charge in [0.25, 0.3) is 0 Å². The van der Waals surface area contributed by atoms with Crippen LogP contribution in [0.2, 0.25) is 0 Å². The summed E-state index contributed by atoms with van der Waals surface area (Å²) in [4.78, 5) is 15.8. The number of ketones is 1. The van der Waals surface area contributed by atoms with Gasteiger partial charge in [0, 0.05) is 17.8 Å². The van der Waals surface area contributed by atoms with Gasteiger partial charge in [0.2, 0.25) is 0 Å². The summed E-state index contributed by atoms with van der Waals surface area (Å²) in [6.45, 7) is 11.9. The third-order valence-electron chi connectivity index (χ3n) is 3.54. The molecule has 0 saturated heterocycles. The standard InChI is InChI=1S/C20H28N2O/c1-6-9-18(7-2)20(8-3)22-16(5)21-19-12-10-17(11-13-19)14-15(4)23/h7,10-13,21H,5-6,8-9,14H2,1-4H3/b18-7-,22-20-. The molecule has 1 aromatic carbocycles. The molecule has 0 fully saturated rings. The Morgan fingerprint density at radius 2 is 1.91 bits per heavy atom. The van der Waals surface area contributed by atoms with Gasteiger partial charge in [-0.15, -0.1) is 0 Å². The van der Waals surface area contributed by atoms with Gasteiger partial charge in [-0.25, -0.2) is 4.99 Å². The molecule has 0 aromatic heterocycles. The van der Waals surface area contributed by atoms with E-state index >= 15 is 0 Å². The zero-order valence-electron chi connectivity index (χ0n) is 14.8. The van der Waals surface area contributed by atoms with Crippen molar-refractivity contribution in [2.24, 2.45) is 4.99 Å². The van der Waals surface area contributed by atoms with Crippen molar-refractivity contribution < 1.29 is 4.79 Å². The summed E-state index contributed by atoms with van der Waals surface area (Å²) >= 11 is 0. The summed E-state index contributed by atoms with van der Waals surface area (Å²) in [6, 6.07) is 7.81. The highest BCUT2D eigenvalue weighted by Gasteiger charge is 2.05. The molecule has 3 heteroatoms. The molecular formula is C20H28N2O. The van der Waals surface area contributed by atoms with E-state index in [1.807, 2.05) is 24.3 Å². The lowest BCUT2D eigenvalue weighted by Gasteiger charge is -2.11. The highest BCUT2D eigenvalue weighted by Crippen LogP contribution is 2.15. The average Bonchev–Trinajstić information content (AvgIpc) is 2.52. The highest BCUT2D eigenvalue weighted by atomic mass is 16.1. The largest absolute Gasteiger partial charge is 0.341 e. The van der Waals surface area contributed by atoms with Crippen LogP contribution in [0.3, 0.4) is 0 Å². The molecule has 0 amide bonds. The molecule has 0 radical (unpaired) electrons. The van der Waals surface area contributed by atoms with E-state index in [0.717, 1.165) is 36.2 Å². The van der Waals surface area contributed by atoms with Crippen molar-refractivity contribution in [3.05, 3.63) is 53.9 Å². The van der Waals surface area contributed by atoms with Crippen LogP contribution in [0.5, 0.6) is 0 Å². The lowest BCUT2D eigenvalue weighted by atomic mass is 10.0. The Morgan fingerprint density at radius 3 is 2.39 bits per heavy atom. The van der Waals surface area contributed by atoms with E-state index in [1.54, 1.807) is 6.92 Å². The van der Waals surface area contributed by atoms with Crippen LogP contribution in [0.1, 0.15) is 52.5 Å². The molecule has 0 spiro atoms. The van der Waals surface area contributed by atoms with Crippen LogP contribution in [0.15, 0.2) is 53.3 Å². The summed E-state index contributed by atoms with van der Waals surface area (Å²) in [6.07, 6.45) is 5.64. The molecule has 1 aromatic rings. The smallest absolute Gasteiger partial charge is 0.134 e. The van der Waals surface area contributed by atoms with E-state index in [1.165, 1.54) is 5.57 Å². The molecule has 124 valence electrons. The van der Waals surface area contributed by atoms with Gasteiger partial charge in [-0.2, -0.15) is 0 Å². The number of anilines is 1. The summed E-state index contributed by atoms with van der Waals surface area (Å²) in [7, 11) is 0. The van der Waals surface area contributed by atoms with E-state index in [0.29, 0.717) is 12.2 Å². The van der Waals surface area contributed by atoms with Crippen molar-refractivity contribution in [3.8, 4) is 0 Å². The monoisotopic (exact) mass is 312 g/mol. The maximum absolute atomic E-state index is 11.1. The summed E-state index contributed by atoms with van der Waals surface area (Å²) in [5.74, 6) is 0.804. The van der Waals surface area contributed by atoms with Crippen LogP contribution in [0, 0.1) is 0 Å². The van der Waals surface area contributed by atoms with Crippen LogP contribution in [0.25, 0.3) is 0 Å². The van der Waals surface area contributed by atoms with E-state index in [9.17, 15) is 4.79 Å². The molecule has 0 aliphatic carbocycles. The molecule has 0 heterocycles. The molecule has 1 N–H and O–H groups in total. The third kappa shape index (κ3) is 6.64. The van der Waals surface area contributed by atoms with Crippen molar-refractivity contribution in [2.45, 2.75) is 53.4 Å². The number of nitrogens with one attached hydrogen (secondary N) is 1. The molecule has 0 bridgehead atoms. The van der Waals surface area contributed by atoms with E-state index in [-0.39, 0.29) is 5.78 Å². The van der Waals surface area contributed by atoms with E-state index in [2.05, 4.69) is 43.7 Å². The van der Waals surface area contributed by atoms with Crippen LogP contribution in [-0.2, 0) is 11.2 Å². The Labute approximate surface area is 140 Å². The molecule has 3 nitrogen and oxygen atoms in total. The first-order valence-electron chi connectivity index (χ1n) is 8.27. The zero-order valence-corrected chi connectivity index (χ0v) is 14.8. The van der Waals surface area contributed by atoms with Crippen LogP contribution in [-0.4, -0.2) is 11.5 Å².